The molecular formula is C24H29N3O4. The number of nitrogens with one attached hydrogen (secondary N) is 1. The molecule has 1 N–H and O–H groups in total. The summed E-state index contributed by atoms with van der Waals surface area (Å²) in [7, 11) is 0. The molecule has 0 aromatic heterocycles. The van der Waals surface area contributed by atoms with Gasteiger partial charge in [0.2, 0.25) is 0 Å². The van der Waals surface area contributed by atoms with Crippen molar-refractivity contribution >= 4 is 23.2 Å². The summed E-state index contributed by atoms with van der Waals surface area (Å²) < 4.78 is 11.1. The Morgan fingerprint density at radius 1 is 1.06 bits per heavy atom. The van der Waals surface area contributed by atoms with Crippen molar-refractivity contribution in [1.82, 2.24) is 4.90 Å². The Balaban J connectivity index is 1.38. The van der Waals surface area contributed by atoms with Crippen molar-refractivity contribution in [2.24, 2.45) is 0 Å². The van der Waals surface area contributed by atoms with Gasteiger partial charge in [0.05, 0.1) is 5.69 Å². The first-order chi connectivity index (χ1) is 15.1. The fourth-order valence-corrected chi connectivity index (χ4v) is 3.93. The van der Waals surface area contributed by atoms with Crippen molar-refractivity contribution in [2.75, 3.05) is 49.6 Å². The molecule has 2 amide bonds. The van der Waals surface area contributed by atoms with E-state index in [0.717, 1.165) is 25.2 Å². The first-order valence-electron chi connectivity index (χ1n) is 10.9. The molecule has 1 fully saturated rings. The van der Waals surface area contributed by atoms with E-state index in [1.807, 2.05) is 31.2 Å². The minimum Gasteiger partial charge on any atom is -0.484 e. The van der Waals surface area contributed by atoms with Gasteiger partial charge >= 0.3 is 0 Å². The summed E-state index contributed by atoms with van der Waals surface area (Å²) in [6, 6.07) is 12.9. The van der Waals surface area contributed by atoms with E-state index >= 15 is 0 Å². The van der Waals surface area contributed by atoms with Crippen LogP contribution in [0, 0.1) is 6.92 Å². The number of fused-ring (bicyclic) bond motifs is 1. The monoisotopic (exact) mass is 423 g/mol. The first kappa shape index (κ1) is 21.2. The fraction of sp³-hybridized carbons (Fsp3) is 0.417. The van der Waals surface area contributed by atoms with Gasteiger partial charge in [-0.25, -0.2) is 0 Å². The molecule has 2 aromatic carbocycles. The van der Waals surface area contributed by atoms with E-state index < -0.39 is 0 Å². The molecule has 2 aliphatic rings. The number of hydrogen-bond donors (Lipinski definition) is 1. The van der Waals surface area contributed by atoms with E-state index in [1.165, 1.54) is 19.3 Å². The molecule has 2 heterocycles. The van der Waals surface area contributed by atoms with Crippen molar-refractivity contribution in [3.05, 3.63) is 48.0 Å². The fourth-order valence-electron chi connectivity index (χ4n) is 3.93. The van der Waals surface area contributed by atoms with Gasteiger partial charge in [0, 0.05) is 18.8 Å². The lowest BCUT2D eigenvalue weighted by molar-refractivity contribution is -0.121. The van der Waals surface area contributed by atoms with Gasteiger partial charge in [0.25, 0.3) is 11.8 Å². The second-order valence-electron chi connectivity index (χ2n) is 8.07. The van der Waals surface area contributed by atoms with Gasteiger partial charge in [-0.05, 0) is 63.2 Å². The molecule has 0 bridgehead atoms. The number of carbonyl (C=O) groups is 2. The molecule has 164 valence electrons. The number of carbonyl (C=O) groups excluding carboxylic acids is 2. The minimum atomic E-state index is -0.261. The number of rotatable bonds is 7. The summed E-state index contributed by atoms with van der Waals surface area (Å²) in [4.78, 5) is 29.0. The van der Waals surface area contributed by atoms with Crippen molar-refractivity contribution in [3.63, 3.8) is 0 Å². The predicted octanol–water partition coefficient (Wildman–Crippen LogP) is 3.22. The summed E-state index contributed by atoms with van der Waals surface area (Å²) in [6.45, 7) is 5.58. The summed E-state index contributed by atoms with van der Waals surface area (Å²) in [6.07, 6.45) is 3.72. The third-order valence-corrected chi connectivity index (χ3v) is 5.67. The maximum Gasteiger partial charge on any atom is 0.265 e. The van der Waals surface area contributed by atoms with Crippen LogP contribution < -0.4 is 19.7 Å². The third-order valence-electron chi connectivity index (χ3n) is 5.67. The summed E-state index contributed by atoms with van der Waals surface area (Å²) >= 11 is 0. The molecule has 31 heavy (non-hydrogen) atoms. The van der Waals surface area contributed by atoms with E-state index in [2.05, 4.69) is 10.2 Å². The van der Waals surface area contributed by atoms with Crippen molar-refractivity contribution in [1.29, 1.82) is 0 Å². The lowest BCUT2D eigenvalue weighted by atomic mass is 10.1. The SMILES string of the molecule is Cc1ccc(OCC(=O)Nc2ccc3c(c2)N(CCN2CCCCC2)C(=O)CO3)cc1. The van der Waals surface area contributed by atoms with E-state index in [-0.39, 0.29) is 25.0 Å². The highest BCUT2D eigenvalue weighted by molar-refractivity contribution is 5.99. The van der Waals surface area contributed by atoms with Crippen LogP contribution in [-0.2, 0) is 9.59 Å². The molecule has 1 saturated heterocycles. The maximum atomic E-state index is 12.5. The average Bonchev–Trinajstić information content (AvgIpc) is 2.79. The van der Waals surface area contributed by atoms with Gasteiger partial charge in [-0.1, -0.05) is 24.1 Å². The van der Waals surface area contributed by atoms with Crippen LogP contribution >= 0.6 is 0 Å². The van der Waals surface area contributed by atoms with Gasteiger partial charge < -0.3 is 24.6 Å². The number of nitrogens with zero attached hydrogens (tertiary/aromatic N) is 2. The highest BCUT2D eigenvalue weighted by atomic mass is 16.5. The van der Waals surface area contributed by atoms with Crippen LogP contribution in [0.4, 0.5) is 11.4 Å². The van der Waals surface area contributed by atoms with E-state index in [9.17, 15) is 9.59 Å². The summed E-state index contributed by atoms with van der Waals surface area (Å²) in [5.74, 6) is 0.986. The second kappa shape index (κ2) is 9.83. The number of aryl methyl sites for hydroxylation is 1. The van der Waals surface area contributed by atoms with Crippen LogP contribution in [0.2, 0.25) is 0 Å². The molecule has 2 aromatic rings. The zero-order chi connectivity index (χ0) is 21.6. The number of likely N-dealkylation sites (tertiary alicyclic amines) is 1. The van der Waals surface area contributed by atoms with Gasteiger partial charge in [-0.15, -0.1) is 0 Å². The van der Waals surface area contributed by atoms with Crippen LogP contribution in [0.5, 0.6) is 11.5 Å². The molecule has 7 nitrogen and oxygen atoms in total. The number of hydrogen-bond acceptors (Lipinski definition) is 5. The quantitative estimate of drug-likeness (QED) is 0.740. The predicted molar refractivity (Wildman–Crippen MR) is 120 cm³/mol. The van der Waals surface area contributed by atoms with Crippen LogP contribution in [0.25, 0.3) is 0 Å². The first-order valence-corrected chi connectivity index (χ1v) is 10.9. The standard InChI is InChI=1S/C24H29N3O4/c1-18-5-8-20(9-6-18)30-16-23(28)25-19-7-10-22-21(15-19)27(24(29)17-31-22)14-13-26-11-3-2-4-12-26/h5-10,15H,2-4,11-14,16-17H2,1H3,(H,25,28). The third kappa shape index (κ3) is 5.55. The normalized spacial score (nSPS) is 16.4. The Hall–Kier alpha value is -3.06. The molecule has 0 aliphatic carbocycles. The molecule has 4 rings (SSSR count). The molecule has 0 spiro atoms. The number of ether oxygens (including phenoxy) is 2. The number of anilines is 2. The van der Waals surface area contributed by atoms with E-state index in [0.29, 0.717) is 29.4 Å². The Morgan fingerprint density at radius 3 is 2.61 bits per heavy atom. The van der Waals surface area contributed by atoms with Crippen molar-refractivity contribution < 1.29 is 19.1 Å². The van der Waals surface area contributed by atoms with Crippen molar-refractivity contribution in [3.8, 4) is 11.5 Å². The molecular weight excluding hydrogens is 394 g/mol. The lowest BCUT2D eigenvalue weighted by Gasteiger charge is -2.33. The van der Waals surface area contributed by atoms with Gasteiger partial charge in [-0.2, -0.15) is 0 Å². The number of benzene rings is 2. The van der Waals surface area contributed by atoms with Crippen molar-refractivity contribution in [2.45, 2.75) is 26.2 Å². The molecule has 0 unspecified atom stereocenters. The minimum absolute atomic E-state index is 0.0447. The lowest BCUT2D eigenvalue weighted by Crippen LogP contribution is -2.44. The van der Waals surface area contributed by atoms with Crippen LogP contribution in [-0.4, -0.2) is 56.1 Å². The highest BCUT2D eigenvalue weighted by Gasteiger charge is 2.26. The molecule has 7 heteroatoms. The molecule has 2 aliphatic heterocycles. The van der Waals surface area contributed by atoms with Crippen LogP contribution in [0.15, 0.2) is 42.5 Å². The number of amides is 2. The van der Waals surface area contributed by atoms with E-state index in [1.54, 1.807) is 23.1 Å². The van der Waals surface area contributed by atoms with Crippen LogP contribution in [0.3, 0.4) is 0 Å². The smallest absolute Gasteiger partial charge is 0.265 e. The Bertz CT molecular complexity index is 923. The highest BCUT2D eigenvalue weighted by Crippen LogP contribution is 2.34. The summed E-state index contributed by atoms with van der Waals surface area (Å²) in [5, 5.41) is 2.85. The largest absolute Gasteiger partial charge is 0.484 e. The van der Waals surface area contributed by atoms with E-state index in [4.69, 9.17) is 9.47 Å². The van der Waals surface area contributed by atoms with Gasteiger partial charge in [0.1, 0.15) is 11.5 Å². The average molecular weight is 424 g/mol. The van der Waals surface area contributed by atoms with Gasteiger partial charge in [0.15, 0.2) is 13.2 Å². The summed E-state index contributed by atoms with van der Waals surface area (Å²) in [5.41, 5.74) is 2.44. The Morgan fingerprint density at radius 2 is 1.84 bits per heavy atom. The Labute approximate surface area is 182 Å². The molecule has 0 atom stereocenters. The van der Waals surface area contributed by atoms with Crippen LogP contribution in [0.1, 0.15) is 24.8 Å². The zero-order valence-electron chi connectivity index (χ0n) is 17.9. The zero-order valence-corrected chi connectivity index (χ0v) is 17.9. The Kier molecular flexibility index (Phi) is 6.72. The molecule has 0 saturated carbocycles. The molecule has 0 radical (unpaired) electrons. The maximum absolute atomic E-state index is 12.5. The topological polar surface area (TPSA) is 71.1 Å². The van der Waals surface area contributed by atoms with Gasteiger partial charge in [-0.3, -0.25) is 9.59 Å². The second-order valence-corrected chi connectivity index (χ2v) is 8.07. The number of piperidine rings is 1.